The summed E-state index contributed by atoms with van der Waals surface area (Å²) in [6.45, 7) is 2.99. The molecule has 8 heteroatoms. The van der Waals surface area contributed by atoms with E-state index in [1.54, 1.807) is 0 Å². The van der Waals surface area contributed by atoms with Gasteiger partial charge in [0.2, 0.25) is 5.91 Å². The Labute approximate surface area is 137 Å². The fourth-order valence-electron chi connectivity index (χ4n) is 2.56. The second-order valence-corrected chi connectivity index (χ2v) is 6.52. The molecule has 1 saturated heterocycles. The fraction of sp³-hybridized carbons (Fsp3) is 0.500. The lowest BCUT2D eigenvalue weighted by molar-refractivity contribution is -0.121. The van der Waals surface area contributed by atoms with Gasteiger partial charge in [-0.2, -0.15) is 5.10 Å². The number of hydrazone groups is 1. The highest BCUT2D eigenvalue weighted by molar-refractivity contribution is 7.15. The summed E-state index contributed by atoms with van der Waals surface area (Å²) in [4.78, 5) is 19.1. The highest BCUT2D eigenvalue weighted by atomic mass is 35.5. The Hall–Kier alpha value is -1.44. The lowest BCUT2D eigenvalue weighted by Gasteiger charge is -2.25. The zero-order valence-corrected chi connectivity index (χ0v) is 13.7. The molecule has 0 aliphatic carbocycles. The van der Waals surface area contributed by atoms with Gasteiger partial charge in [0, 0.05) is 24.5 Å². The smallest absolute Gasteiger partial charge is 0.241 e. The standard InChI is InChI=1S/C14H18ClN5OS/c15-13-11(20-8-9-22-14(20)17-13)10-16-18-12(21)4-7-19-5-2-1-3-6-19/h8-10H,1-7H2,(H,18,21)/b16-10+. The Kier molecular flexibility index (Phi) is 5.07. The number of hydrogen-bond acceptors (Lipinski definition) is 5. The molecule has 0 unspecified atom stereocenters. The molecule has 2 aromatic rings. The number of amides is 1. The second kappa shape index (κ2) is 7.21. The molecule has 2 aromatic heterocycles. The van der Waals surface area contributed by atoms with Crippen LogP contribution in [0.25, 0.3) is 4.96 Å². The van der Waals surface area contributed by atoms with Crippen molar-refractivity contribution in [1.29, 1.82) is 0 Å². The number of carbonyl (C=O) groups is 1. The van der Waals surface area contributed by atoms with Gasteiger partial charge < -0.3 is 4.90 Å². The average Bonchev–Trinajstić information content (AvgIpc) is 3.08. The van der Waals surface area contributed by atoms with Crippen LogP contribution in [-0.4, -0.2) is 46.0 Å². The van der Waals surface area contributed by atoms with Gasteiger partial charge in [0.15, 0.2) is 10.1 Å². The number of nitrogens with one attached hydrogen (secondary N) is 1. The second-order valence-electron chi connectivity index (χ2n) is 5.29. The number of rotatable bonds is 5. The maximum atomic E-state index is 11.8. The lowest BCUT2D eigenvalue weighted by atomic mass is 10.1. The van der Waals surface area contributed by atoms with Crippen molar-refractivity contribution in [2.45, 2.75) is 25.7 Å². The number of imidazole rings is 1. The van der Waals surface area contributed by atoms with Gasteiger partial charge in [0.05, 0.1) is 6.21 Å². The Morgan fingerprint density at radius 2 is 2.27 bits per heavy atom. The topological polar surface area (TPSA) is 62.0 Å². The maximum Gasteiger partial charge on any atom is 0.241 e. The van der Waals surface area contributed by atoms with E-state index in [2.05, 4.69) is 20.4 Å². The number of halogens is 1. The summed E-state index contributed by atoms with van der Waals surface area (Å²) in [5.74, 6) is -0.0796. The quantitative estimate of drug-likeness (QED) is 0.672. The fourth-order valence-corrected chi connectivity index (χ4v) is 3.55. The van der Waals surface area contributed by atoms with Crippen LogP contribution < -0.4 is 5.43 Å². The summed E-state index contributed by atoms with van der Waals surface area (Å²) in [6, 6.07) is 0. The SMILES string of the molecule is O=C(CCN1CCCCC1)N/N=C/c1c(Cl)nc2sccn12. The van der Waals surface area contributed by atoms with Crippen molar-refractivity contribution in [2.75, 3.05) is 19.6 Å². The molecule has 1 aliphatic heterocycles. The zero-order valence-electron chi connectivity index (χ0n) is 12.2. The number of hydrogen-bond donors (Lipinski definition) is 1. The maximum absolute atomic E-state index is 11.8. The minimum absolute atomic E-state index is 0.0796. The van der Waals surface area contributed by atoms with Crippen LogP contribution in [-0.2, 0) is 4.79 Å². The molecule has 6 nitrogen and oxygen atoms in total. The van der Waals surface area contributed by atoms with E-state index < -0.39 is 0 Å². The number of fused-ring (bicyclic) bond motifs is 1. The van der Waals surface area contributed by atoms with Gasteiger partial charge in [-0.1, -0.05) is 18.0 Å². The molecule has 118 valence electrons. The van der Waals surface area contributed by atoms with Crippen LogP contribution in [0, 0.1) is 0 Å². The molecule has 1 amide bonds. The molecule has 3 heterocycles. The van der Waals surface area contributed by atoms with E-state index in [1.165, 1.54) is 36.8 Å². The van der Waals surface area contributed by atoms with Gasteiger partial charge in [-0.25, -0.2) is 10.4 Å². The third-order valence-corrected chi connectivity index (χ3v) is 4.77. The number of likely N-dealkylation sites (tertiary alicyclic amines) is 1. The first-order valence-corrected chi connectivity index (χ1v) is 8.65. The number of nitrogens with zero attached hydrogens (tertiary/aromatic N) is 4. The minimum Gasteiger partial charge on any atom is -0.303 e. The normalized spacial score (nSPS) is 16.6. The van der Waals surface area contributed by atoms with Crippen molar-refractivity contribution >= 4 is 40.0 Å². The highest BCUT2D eigenvalue weighted by Gasteiger charge is 2.12. The number of aromatic nitrogens is 2. The molecular weight excluding hydrogens is 322 g/mol. The van der Waals surface area contributed by atoms with Crippen molar-refractivity contribution in [1.82, 2.24) is 19.7 Å². The first kappa shape index (κ1) is 15.5. The number of thiazole rings is 1. The van der Waals surface area contributed by atoms with Crippen molar-refractivity contribution in [3.8, 4) is 0 Å². The van der Waals surface area contributed by atoms with Crippen molar-refractivity contribution < 1.29 is 4.79 Å². The van der Waals surface area contributed by atoms with Crippen LogP contribution in [0.15, 0.2) is 16.7 Å². The Bertz CT molecular complexity index is 674. The van der Waals surface area contributed by atoms with E-state index >= 15 is 0 Å². The average molecular weight is 340 g/mol. The van der Waals surface area contributed by atoms with Crippen LogP contribution in [0.5, 0.6) is 0 Å². The largest absolute Gasteiger partial charge is 0.303 e. The van der Waals surface area contributed by atoms with E-state index in [0.717, 1.165) is 24.6 Å². The summed E-state index contributed by atoms with van der Waals surface area (Å²) in [6.07, 6.45) is 7.64. The van der Waals surface area contributed by atoms with Gasteiger partial charge >= 0.3 is 0 Å². The van der Waals surface area contributed by atoms with E-state index in [-0.39, 0.29) is 5.91 Å². The van der Waals surface area contributed by atoms with Crippen LogP contribution in [0.3, 0.4) is 0 Å². The van der Waals surface area contributed by atoms with E-state index in [9.17, 15) is 4.79 Å². The minimum atomic E-state index is -0.0796. The molecule has 0 atom stereocenters. The van der Waals surface area contributed by atoms with Crippen molar-refractivity contribution in [3.63, 3.8) is 0 Å². The van der Waals surface area contributed by atoms with Gasteiger partial charge in [0.1, 0.15) is 5.69 Å². The van der Waals surface area contributed by atoms with Crippen LogP contribution in [0.4, 0.5) is 0 Å². The van der Waals surface area contributed by atoms with E-state index in [0.29, 0.717) is 17.3 Å². The third kappa shape index (κ3) is 3.66. The Balaban J connectivity index is 1.50. The number of piperidine rings is 1. The van der Waals surface area contributed by atoms with Gasteiger partial charge in [0.25, 0.3) is 0 Å². The molecule has 0 aromatic carbocycles. The van der Waals surface area contributed by atoms with Crippen molar-refractivity contribution in [2.24, 2.45) is 5.10 Å². The molecule has 1 N–H and O–H groups in total. The van der Waals surface area contributed by atoms with Crippen LogP contribution in [0.2, 0.25) is 5.15 Å². The Morgan fingerprint density at radius 1 is 1.45 bits per heavy atom. The van der Waals surface area contributed by atoms with Gasteiger partial charge in [-0.15, -0.1) is 11.3 Å². The van der Waals surface area contributed by atoms with Crippen molar-refractivity contribution in [3.05, 3.63) is 22.4 Å². The summed E-state index contributed by atoms with van der Waals surface area (Å²) in [7, 11) is 0. The molecule has 22 heavy (non-hydrogen) atoms. The molecular formula is C14H18ClN5OS. The number of carbonyl (C=O) groups excluding carboxylic acids is 1. The monoisotopic (exact) mass is 339 g/mol. The lowest BCUT2D eigenvalue weighted by Crippen LogP contribution is -2.33. The zero-order chi connectivity index (χ0) is 15.4. The first-order valence-electron chi connectivity index (χ1n) is 7.39. The predicted molar refractivity (Wildman–Crippen MR) is 88.7 cm³/mol. The van der Waals surface area contributed by atoms with E-state index in [1.807, 2.05) is 16.0 Å². The molecule has 0 bridgehead atoms. The summed E-state index contributed by atoms with van der Waals surface area (Å²) >= 11 is 7.55. The molecule has 0 spiro atoms. The highest BCUT2D eigenvalue weighted by Crippen LogP contribution is 2.19. The predicted octanol–water partition coefficient (Wildman–Crippen LogP) is 2.38. The molecule has 0 radical (unpaired) electrons. The van der Waals surface area contributed by atoms with Gasteiger partial charge in [-0.05, 0) is 25.9 Å². The summed E-state index contributed by atoms with van der Waals surface area (Å²) in [5, 5.41) is 6.30. The van der Waals surface area contributed by atoms with Crippen LogP contribution >= 0.6 is 22.9 Å². The summed E-state index contributed by atoms with van der Waals surface area (Å²) < 4.78 is 1.84. The van der Waals surface area contributed by atoms with E-state index in [4.69, 9.17) is 11.6 Å². The molecule has 0 saturated carbocycles. The van der Waals surface area contributed by atoms with Gasteiger partial charge in [-0.3, -0.25) is 9.20 Å². The summed E-state index contributed by atoms with van der Waals surface area (Å²) in [5.41, 5.74) is 3.23. The first-order chi connectivity index (χ1) is 10.7. The molecule has 3 rings (SSSR count). The third-order valence-electron chi connectivity index (χ3n) is 3.73. The molecule has 1 fully saturated rings. The molecule has 1 aliphatic rings. The van der Waals surface area contributed by atoms with Crippen LogP contribution in [0.1, 0.15) is 31.4 Å². The Morgan fingerprint density at radius 3 is 3.09 bits per heavy atom.